The molecule has 1 rings (SSSR count). The van der Waals surface area contributed by atoms with Crippen molar-refractivity contribution < 1.29 is 18.3 Å². The Balaban J connectivity index is 3.33. The second kappa shape index (κ2) is 5.79. The standard InChI is InChI=1S/C11H9F2N3O2/c1-6-3-4-7(10(13)9(6)12)5-8(15-16-14)11(17)18-2/h3-5H,1-2H3/b8-5+. The van der Waals surface area contributed by atoms with Gasteiger partial charge in [0.25, 0.3) is 0 Å². The fraction of sp³-hybridized carbons (Fsp3) is 0.182. The highest BCUT2D eigenvalue weighted by Crippen LogP contribution is 2.19. The van der Waals surface area contributed by atoms with Crippen LogP contribution in [0.3, 0.4) is 0 Å². The van der Waals surface area contributed by atoms with Crippen molar-refractivity contribution in [2.24, 2.45) is 5.11 Å². The second-order valence-electron chi connectivity index (χ2n) is 3.31. The Morgan fingerprint density at radius 2 is 2.11 bits per heavy atom. The molecule has 0 heterocycles. The summed E-state index contributed by atoms with van der Waals surface area (Å²) in [7, 11) is 1.08. The molecule has 0 fully saturated rings. The van der Waals surface area contributed by atoms with Crippen LogP contribution in [-0.2, 0) is 9.53 Å². The topological polar surface area (TPSA) is 75.1 Å². The molecular weight excluding hydrogens is 244 g/mol. The normalized spacial score (nSPS) is 10.8. The van der Waals surface area contributed by atoms with Crippen molar-refractivity contribution in [2.45, 2.75) is 6.92 Å². The zero-order chi connectivity index (χ0) is 13.7. The Kier molecular flexibility index (Phi) is 4.39. The molecule has 18 heavy (non-hydrogen) atoms. The van der Waals surface area contributed by atoms with Crippen LogP contribution in [0.4, 0.5) is 8.78 Å². The van der Waals surface area contributed by atoms with Crippen LogP contribution >= 0.6 is 0 Å². The first-order valence-corrected chi connectivity index (χ1v) is 4.81. The maximum Gasteiger partial charge on any atom is 0.340 e. The number of aryl methyl sites for hydroxylation is 1. The van der Waals surface area contributed by atoms with Gasteiger partial charge < -0.3 is 4.74 Å². The Labute approximate surface area is 101 Å². The third kappa shape index (κ3) is 2.83. The quantitative estimate of drug-likeness (QED) is 0.273. The average Bonchev–Trinajstić information content (AvgIpc) is 2.37. The number of rotatable bonds is 3. The van der Waals surface area contributed by atoms with Crippen molar-refractivity contribution >= 4 is 12.0 Å². The van der Waals surface area contributed by atoms with Crippen LogP contribution in [0, 0.1) is 18.6 Å². The molecule has 0 aliphatic heterocycles. The zero-order valence-corrected chi connectivity index (χ0v) is 9.65. The van der Waals surface area contributed by atoms with Crippen LogP contribution in [0.2, 0.25) is 0 Å². The SMILES string of the molecule is COC(=O)/C(=C\c1ccc(C)c(F)c1F)N=[N+]=[N-]. The fourth-order valence-corrected chi connectivity index (χ4v) is 1.20. The van der Waals surface area contributed by atoms with E-state index >= 15 is 0 Å². The van der Waals surface area contributed by atoms with Crippen LogP contribution < -0.4 is 0 Å². The van der Waals surface area contributed by atoms with Crippen molar-refractivity contribution in [3.8, 4) is 0 Å². The van der Waals surface area contributed by atoms with E-state index in [1.165, 1.54) is 19.1 Å². The number of halogens is 2. The van der Waals surface area contributed by atoms with Gasteiger partial charge in [-0.25, -0.2) is 13.6 Å². The van der Waals surface area contributed by atoms with Gasteiger partial charge >= 0.3 is 5.97 Å². The van der Waals surface area contributed by atoms with E-state index in [-0.39, 0.29) is 11.1 Å². The summed E-state index contributed by atoms with van der Waals surface area (Å²) in [6.07, 6.45) is 0.920. The fourth-order valence-electron chi connectivity index (χ4n) is 1.20. The minimum Gasteiger partial charge on any atom is -0.466 e. The van der Waals surface area contributed by atoms with Gasteiger partial charge in [0.2, 0.25) is 0 Å². The van der Waals surface area contributed by atoms with E-state index in [1.807, 2.05) is 0 Å². The largest absolute Gasteiger partial charge is 0.466 e. The first kappa shape index (κ1) is 13.7. The summed E-state index contributed by atoms with van der Waals surface area (Å²) < 4.78 is 31.2. The maximum atomic E-state index is 13.5. The van der Waals surface area contributed by atoms with Gasteiger partial charge in [0.05, 0.1) is 7.11 Å². The maximum absolute atomic E-state index is 13.5. The summed E-state index contributed by atoms with van der Waals surface area (Å²) in [5, 5.41) is 3.06. The van der Waals surface area contributed by atoms with E-state index < -0.39 is 23.3 Å². The lowest BCUT2D eigenvalue weighted by Gasteiger charge is -2.03. The van der Waals surface area contributed by atoms with Gasteiger partial charge in [0.15, 0.2) is 11.6 Å². The molecule has 0 saturated carbocycles. The highest BCUT2D eigenvalue weighted by Gasteiger charge is 2.13. The van der Waals surface area contributed by atoms with Gasteiger partial charge in [-0.05, 0) is 24.1 Å². The van der Waals surface area contributed by atoms with Crippen LogP contribution in [0.5, 0.6) is 0 Å². The predicted molar refractivity (Wildman–Crippen MR) is 60.2 cm³/mol. The molecule has 0 aliphatic carbocycles. The Morgan fingerprint density at radius 3 is 2.67 bits per heavy atom. The summed E-state index contributed by atoms with van der Waals surface area (Å²) in [6.45, 7) is 1.40. The molecule has 1 aromatic carbocycles. The molecule has 0 N–H and O–H groups in total. The van der Waals surface area contributed by atoms with Crippen molar-refractivity contribution in [3.63, 3.8) is 0 Å². The third-order valence-corrected chi connectivity index (χ3v) is 2.14. The van der Waals surface area contributed by atoms with Gasteiger partial charge in [-0.2, -0.15) is 0 Å². The van der Waals surface area contributed by atoms with Gasteiger partial charge in [-0.3, -0.25) is 0 Å². The number of esters is 1. The first-order valence-electron chi connectivity index (χ1n) is 4.81. The van der Waals surface area contributed by atoms with Gasteiger partial charge in [-0.15, -0.1) is 0 Å². The lowest BCUT2D eigenvalue weighted by molar-refractivity contribution is -0.136. The molecule has 0 radical (unpaired) electrons. The van der Waals surface area contributed by atoms with Crippen LogP contribution in [0.15, 0.2) is 22.9 Å². The minimum absolute atomic E-state index is 0.132. The molecule has 0 amide bonds. The highest BCUT2D eigenvalue weighted by molar-refractivity contribution is 5.93. The van der Waals surface area contributed by atoms with E-state index in [0.29, 0.717) is 0 Å². The van der Waals surface area contributed by atoms with E-state index in [9.17, 15) is 13.6 Å². The Bertz CT molecular complexity index is 564. The summed E-state index contributed by atoms with van der Waals surface area (Å²) in [4.78, 5) is 13.6. The molecule has 94 valence electrons. The molecule has 0 atom stereocenters. The molecule has 0 aliphatic rings. The number of hydrogen-bond acceptors (Lipinski definition) is 3. The van der Waals surface area contributed by atoms with Crippen LogP contribution in [0.25, 0.3) is 16.5 Å². The number of carbonyl (C=O) groups excluding carboxylic acids is 1. The number of nitrogens with zero attached hydrogens (tertiary/aromatic N) is 3. The molecule has 0 bridgehead atoms. The Hall–Kier alpha value is -2.40. The van der Waals surface area contributed by atoms with Crippen molar-refractivity contribution in [1.82, 2.24) is 0 Å². The smallest absolute Gasteiger partial charge is 0.340 e. The second-order valence-corrected chi connectivity index (χ2v) is 3.31. The lowest BCUT2D eigenvalue weighted by Crippen LogP contribution is -2.02. The zero-order valence-electron chi connectivity index (χ0n) is 9.65. The summed E-state index contributed by atoms with van der Waals surface area (Å²) in [5.41, 5.74) is 7.74. The van der Waals surface area contributed by atoms with Crippen molar-refractivity contribution in [3.05, 3.63) is 51.0 Å². The van der Waals surface area contributed by atoms with Crippen LogP contribution in [0.1, 0.15) is 11.1 Å². The molecular formula is C11H9F2N3O2. The highest BCUT2D eigenvalue weighted by atomic mass is 19.2. The van der Waals surface area contributed by atoms with E-state index in [2.05, 4.69) is 14.8 Å². The number of azide groups is 1. The third-order valence-electron chi connectivity index (χ3n) is 2.14. The molecule has 7 heteroatoms. The monoisotopic (exact) mass is 253 g/mol. The van der Waals surface area contributed by atoms with Gasteiger partial charge in [-0.1, -0.05) is 17.2 Å². The summed E-state index contributed by atoms with van der Waals surface area (Å²) in [6, 6.07) is 2.61. The van der Waals surface area contributed by atoms with E-state index in [0.717, 1.165) is 13.2 Å². The lowest BCUT2D eigenvalue weighted by atomic mass is 10.1. The minimum atomic E-state index is -1.12. The van der Waals surface area contributed by atoms with E-state index in [4.69, 9.17) is 5.53 Å². The van der Waals surface area contributed by atoms with Crippen LogP contribution in [-0.4, -0.2) is 13.1 Å². The van der Waals surface area contributed by atoms with Gasteiger partial charge in [0, 0.05) is 10.5 Å². The average molecular weight is 253 g/mol. The number of benzene rings is 1. The summed E-state index contributed by atoms with van der Waals surface area (Å²) >= 11 is 0. The molecule has 5 nitrogen and oxygen atoms in total. The first-order chi connectivity index (χ1) is 8.51. The van der Waals surface area contributed by atoms with Crippen molar-refractivity contribution in [2.75, 3.05) is 7.11 Å². The molecule has 0 spiro atoms. The molecule has 0 unspecified atom stereocenters. The predicted octanol–water partition coefficient (Wildman–Crippen LogP) is 3.10. The van der Waals surface area contributed by atoms with Gasteiger partial charge in [0.1, 0.15) is 5.70 Å². The molecule has 0 aromatic heterocycles. The molecule has 1 aromatic rings. The molecule has 0 saturated heterocycles. The van der Waals surface area contributed by atoms with Crippen molar-refractivity contribution in [1.29, 1.82) is 0 Å². The number of methoxy groups -OCH3 is 1. The summed E-state index contributed by atoms with van der Waals surface area (Å²) in [5.74, 6) is -3.08. The number of hydrogen-bond donors (Lipinski definition) is 0. The Morgan fingerprint density at radius 1 is 1.44 bits per heavy atom. The van der Waals surface area contributed by atoms with E-state index in [1.54, 1.807) is 0 Å². The number of ether oxygens (including phenoxy) is 1. The number of carbonyl (C=O) groups is 1.